The molecule has 26 heavy (non-hydrogen) atoms. The van der Waals surface area contributed by atoms with Crippen LogP contribution < -0.4 is 4.74 Å². The van der Waals surface area contributed by atoms with Gasteiger partial charge in [-0.15, -0.1) is 0 Å². The number of benzene rings is 2. The molecule has 0 spiro atoms. The molecule has 0 saturated heterocycles. The molecule has 0 aliphatic rings. The van der Waals surface area contributed by atoms with Gasteiger partial charge in [-0.2, -0.15) is 0 Å². The van der Waals surface area contributed by atoms with E-state index in [0.29, 0.717) is 17.4 Å². The molecular weight excluding hydrogens is 343 g/mol. The van der Waals surface area contributed by atoms with Crippen molar-refractivity contribution in [3.05, 3.63) is 65.4 Å². The number of carbonyl (C=O) groups is 1. The van der Waals surface area contributed by atoms with Crippen molar-refractivity contribution < 1.29 is 24.2 Å². The van der Waals surface area contributed by atoms with Crippen LogP contribution in [0.25, 0.3) is 11.0 Å². The van der Waals surface area contributed by atoms with Crippen molar-refractivity contribution in [3.8, 4) is 5.75 Å². The first-order chi connectivity index (χ1) is 11.9. The molecule has 1 aromatic heterocycles. The first-order valence-corrected chi connectivity index (χ1v) is 8.11. The van der Waals surface area contributed by atoms with Crippen LogP contribution in [0.2, 0.25) is 0 Å². The van der Waals surface area contributed by atoms with Gasteiger partial charge in [0.15, 0.2) is 0 Å². The molecule has 1 unspecified atom stereocenters. The molecule has 3 rings (SSSR count). The van der Waals surface area contributed by atoms with Gasteiger partial charge in [0.1, 0.15) is 29.8 Å². The second-order valence-electron chi connectivity index (χ2n) is 6.26. The summed E-state index contributed by atoms with van der Waals surface area (Å²) in [5.41, 5.74) is 2.12. The predicted octanol–water partition coefficient (Wildman–Crippen LogP) is 3.72. The van der Waals surface area contributed by atoms with Crippen LogP contribution in [0.1, 0.15) is 47.6 Å². The van der Waals surface area contributed by atoms with Gasteiger partial charge in [-0.1, -0.05) is 19.9 Å². The summed E-state index contributed by atoms with van der Waals surface area (Å²) < 4.78 is 11.2. The van der Waals surface area contributed by atoms with Crippen LogP contribution in [-0.4, -0.2) is 52.3 Å². The van der Waals surface area contributed by atoms with Crippen molar-refractivity contribution >= 4 is 46.5 Å². The Bertz CT molecular complexity index is 883. The van der Waals surface area contributed by atoms with E-state index in [1.165, 1.54) is 17.7 Å². The molecule has 132 valence electrons. The third-order valence-corrected chi connectivity index (χ3v) is 4.06. The molecule has 0 amide bonds. The molecule has 0 bridgehead atoms. The number of aromatic carboxylic acids is 1. The number of hydrogen-bond acceptors (Lipinski definition) is 4. The van der Waals surface area contributed by atoms with E-state index >= 15 is 0 Å². The van der Waals surface area contributed by atoms with E-state index in [0.717, 1.165) is 11.0 Å². The zero-order valence-corrected chi connectivity index (χ0v) is 14.1. The predicted molar refractivity (Wildman–Crippen MR) is 101 cm³/mol. The summed E-state index contributed by atoms with van der Waals surface area (Å²) in [4.78, 5) is 10.8. The number of ether oxygens (including phenoxy) is 1. The van der Waals surface area contributed by atoms with Gasteiger partial charge in [-0.05, 0) is 53.9 Å². The second-order valence-corrected chi connectivity index (χ2v) is 6.26. The Morgan fingerprint density at radius 3 is 2.42 bits per heavy atom. The number of carboxylic acids is 1. The van der Waals surface area contributed by atoms with E-state index < -0.39 is 12.1 Å². The number of carboxylic acid groups (broad SMARTS) is 1. The molecule has 0 saturated carbocycles. The molecule has 0 fully saturated rings. The Morgan fingerprint density at radius 1 is 1.12 bits per heavy atom. The van der Waals surface area contributed by atoms with Crippen molar-refractivity contribution in [1.82, 2.24) is 0 Å². The van der Waals surface area contributed by atoms with Gasteiger partial charge in [0, 0.05) is 5.39 Å². The first-order valence-electron chi connectivity index (χ1n) is 8.11. The average Bonchev–Trinajstić information content (AvgIpc) is 3.03. The fraction of sp³-hybridized carbons (Fsp3) is 0.250. The molecule has 0 aliphatic carbocycles. The fourth-order valence-electron chi connectivity index (χ4n) is 2.56. The topological polar surface area (TPSA) is 79.9 Å². The van der Waals surface area contributed by atoms with Crippen molar-refractivity contribution in [3.63, 3.8) is 0 Å². The van der Waals surface area contributed by atoms with Gasteiger partial charge in [-0.3, -0.25) is 0 Å². The molecule has 5 nitrogen and oxygen atoms in total. The van der Waals surface area contributed by atoms with Crippen LogP contribution in [-0.2, 0) is 0 Å². The van der Waals surface area contributed by atoms with Crippen molar-refractivity contribution in [2.75, 3.05) is 6.61 Å². The number of aliphatic hydroxyl groups is 1. The number of aliphatic hydroxyl groups excluding tert-OH is 1. The number of rotatable bonds is 6. The van der Waals surface area contributed by atoms with E-state index in [2.05, 4.69) is 19.9 Å². The number of hydrogen-bond donors (Lipinski definition) is 2. The van der Waals surface area contributed by atoms with Gasteiger partial charge >= 0.3 is 35.5 Å². The monoisotopic (exact) mass is 364 g/mol. The van der Waals surface area contributed by atoms with Crippen LogP contribution in [0, 0.1) is 0 Å². The fourth-order valence-corrected chi connectivity index (χ4v) is 2.56. The Kier molecular flexibility index (Phi) is 6.89. The quantitative estimate of drug-likeness (QED) is 0.652. The third kappa shape index (κ3) is 4.68. The molecule has 0 radical (unpaired) electrons. The molecule has 1 heterocycles. The van der Waals surface area contributed by atoms with Crippen LogP contribution in [0.3, 0.4) is 0 Å². The third-order valence-electron chi connectivity index (χ3n) is 4.06. The minimum absolute atomic E-state index is 0. The standard InChI is InChI=1S/C20H20O5.Na.H/c1-12(2)14-5-8-18-15(9-14)10-19(25-18)17(21)11-24-16-6-3-13(4-7-16)20(22)23;;/h3-10,12,17,21H,11H2,1-2H3,(H,22,23);;. The zero-order chi connectivity index (χ0) is 18.0. The molecule has 2 N–H and O–H groups in total. The maximum absolute atomic E-state index is 10.8. The Hall–Kier alpha value is -1.79. The van der Waals surface area contributed by atoms with Gasteiger partial charge in [0.05, 0.1) is 5.56 Å². The Balaban J connectivity index is 0.00000243. The summed E-state index contributed by atoms with van der Waals surface area (Å²) in [5, 5.41) is 20.1. The van der Waals surface area contributed by atoms with Gasteiger partial charge in [-0.25, -0.2) is 4.79 Å². The Labute approximate surface area is 173 Å². The van der Waals surface area contributed by atoms with Crippen molar-refractivity contribution in [2.24, 2.45) is 0 Å². The summed E-state index contributed by atoms with van der Waals surface area (Å²) in [7, 11) is 0. The van der Waals surface area contributed by atoms with Crippen LogP contribution in [0.15, 0.2) is 52.9 Å². The van der Waals surface area contributed by atoms with Crippen LogP contribution >= 0.6 is 0 Å². The van der Waals surface area contributed by atoms with E-state index in [-0.39, 0.29) is 41.7 Å². The molecule has 1 atom stereocenters. The van der Waals surface area contributed by atoms with Crippen LogP contribution in [0.5, 0.6) is 5.75 Å². The van der Waals surface area contributed by atoms with Crippen molar-refractivity contribution in [1.29, 1.82) is 0 Å². The summed E-state index contributed by atoms with van der Waals surface area (Å²) in [5.74, 6) is 0.361. The van der Waals surface area contributed by atoms with Gasteiger partial charge < -0.3 is 19.4 Å². The van der Waals surface area contributed by atoms with E-state index in [4.69, 9.17) is 14.3 Å². The van der Waals surface area contributed by atoms with E-state index in [1.807, 2.05) is 18.2 Å². The summed E-state index contributed by atoms with van der Waals surface area (Å²) in [6.07, 6.45) is -0.908. The summed E-state index contributed by atoms with van der Waals surface area (Å²) >= 11 is 0. The molecule has 2 aromatic carbocycles. The zero-order valence-electron chi connectivity index (χ0n) is 14.1. The van der Waals surface area contributed by atoms with Gasteiger partial charge in [0.2, 0.25) is 0 Å². The summed E-state index contributed by atoms with van der Waals surface area (Å²) in [6, 6.07) is 13.8. The maximum atomic E-state index is 10.8. The molecule has 0 aliphatic heterocycles. The van der Waals surface area contributed by atoms with Gasteiger partial charge in [0.25, 0.3) is 0 Å². The summed E-state index contributed by atoms with van der Waals surface area (Å²) in [6.45, 7) is 4.27. The van der Waals surface area contributed by atoms with Crippen LogP contribution in [0.4, 0.5) is 0 Å². The second kappa shape index (κ2) is 8.73. The molecule has 3 aromatic rings. The number of furan rings is 1. The normalized spacial score (nSPS) is 12.0. The van der Waals surface area contributed by atoms with E-state index in [1.54, 1.807) is 12.1 Å². The average molecular weight is 364 g/mol. The molecule has 6 heteroatoms. The van der Waals surface area contributed by atoms with E-state index in [9.17, 15) is 9.90 Å². The minimum atomic E-state index is -0.991. The SMILES string of the molecule is CC(C)c1ccc2oc(C(O)COc3ccc(C(=O)O)cc3)cc2c1.[NaH]. The molecular formula is C20H21NaO5. The van der Waals surface area contributed by atoms with Crippen molar-refractivity contribution in [2.45, 2.75) is 25.9 Å². The number of fused-ring (bicyclic) bond motifs is 1. The first kappa shape index (κ1) is 20.5. The Morgan fingerprint density at radius 2 is 1.81 bits per heavy atom.